The zero-order chi connectivity index (χ0) is 11.7. The Morgan fingerprint density at radius 1 is 1.29 bits per heavy atom. The molecule has 0 aromatic carbocycles. The van der Waals surface area contributed by atoms with Crippen molar-refractivity contribution in [2.45, 2.75) is 37.5 Å². The van der Waals surface area contributed by atoms with Gasteiger partial charge in [-0.3, -0.25) is 9.69 Å². The van der Waals surface area contributed by atoms with E-state index in [1.54, 1.807) is 17.3 Å². The van der Waals surface area contributed by atoms with Gasteiger partial charge in [0, 0.05) is 0 Å². The fraction of sp³-hybridized carbons (Fsp3) is 0.727. The third kappa shape index (κ3) is 2.20. The van der Waals surface area contributed by atoms with Crippen LogP contribution in [0.15, 0.2) is 5.51 Å². The molecule has 4 nitrogen and oxygen atoms in total. The molecule has 1 unspecified atom stereocenters. The van der Waals surface area contributed by atoms with Crippen molar-refractivity contribution >= 4 is 34.1 Å². The second kappa shape index (κ2) is 4.94. The first kappa shape index (κ1) is 11.5. The minimum Gasteiger partial charge on any atom is -0.273 e. The van der Waals surface area contributed by atoms with E-state index < -0.39 is 0 Å². The summed E-state index contributed by atoms with van der Waals surface area (Å²) in [6, 6.07) is 0. The highest BCUT2D eigenvalue weighted by molar-refractivity contribution is 8.01. The molecule has 0 spiro atoms. The summed E-state index contributed by atoms with van der Waals surface area (Å²) in [5.74, 6) is 1.44. The molecule has 92 valence electrons. The lowest BCUT2D eigenvalue weighted by molar-refractivity contribution is -0.116. The van der Waals surface area contributed by atoms with Crippen molar-refractivity contribution in [1.29, 1.82) is 0 Å². The lowest BCUT2D eigenvalue weighted by Gasteiger charge is -2.31. The molecule has 3 rings (SSSR count). The number of rotatable bonds is 2. The standard InChI is InChI=1S/C11H15N3OS2/c15-9-6-16-10(8-4-2-1-3-5-8)14(9)11-13-12-7-17-11/h7-8,10H,1-6H2. The predicted molar refractivity (Wildman–Crippen MR) is 70.2 cm³/mol. The number of anilines is 1. The molecule has 1 aliphatic heterocycles. The van der Waals surface area contributed by atoms with Crippen LogP contribution < -0.4 is 4.90 Å². The summed E-state index contributed by atoms with van der Waals surface area (Å²) in [4.78, 5) is 13.9. The molecule has 1 atom stereocenters. The average molecular weight is 269 g/mol. The topological polar surface area (TPSA) is 46.1 Å². The molecular formula is C11H15N3OS2. The normalized spacial score (nSPS) is 26.7. The van der Waals surface area contributed by atoms with Crippen LogP contribution in [0.1, 0.15) is 32.1 Å². The largest absolute Gasteiger partial charge is 0.273 e. The monoisotopic (exact) mass is 269 g/mol. The van der Waals surface area contributed by atoms with Crippen molar-refractivity contribution < 1.29 is 4.79 Å². The molecule has 2 heterocycles. The maximum Gasteiger partial charge on any atom is 0.239 e. The van der Waals surface area contributed by atoms with Crippen LogP contribution >= 0.6 is 23.1 Å². The summed E-state index contributed by atoms with van der Waals surface area (Å²) in [5, 5.41) is 8.98. The highest BCUT2D eigenvalue weighted by Crippen LogP contribution is 2.40. The van der Waals surface area contributed by atoms with Gasteiger partial charge in [-0.15, -0.1) is 22.0 Å². The Kier molecular flexibility index (Phi) is 3.33. The van der Waals surface area contributed by atoms with Gasteiger partial charge in [0.05, 0.1) is 11.1 Å². The van der Waals surface area contributed by atoms with Crippen molar-refractivity contribution in [2.24, 2.45) is 5.92 Å². The Hall–Kier alpha value is -0.620. The molecule has 1 saturated carbocycles. The van der Waals surface area contributed by atoms with E-state index in [1.165, 1.54) is 43.4 Å². The van der Waals surface area contributed by atoms with E-state index in [4.69, 9.17) is 0 Å². The smallest absolute Gasteiger partial charge is 0.239 e. The van der Waals surface area contributed by atoms with Crippen molar-refractivity contribution in [2.75, 3.05) is 10.7 Å². The number of carbonyl (C=O) groups is 1. The minimum atomic E-state index is 0.197. The quantitative estimate of drug-likeness (QED) is 0.827. The van der Waals surface area contributed by atoms with Crippen molar-refractivity contribution in [3.63, 3.8) is 0 Å². The Bertz CT molecular complexity index is 389. The summed E-state index contributed by atoms with van der Waals surface area (Å²) in [6.45, 7) is 0. The van der Waals surface area contributed by atoms with E-state index in [0.29, 0.717) is 17.0 Å². The fourth-order valence-corrected chi connectivity index (χ4v) is 4.74. The Balaban J connectivity index is 1.81. The lowest BCUT2D eigenvalue weighted by Crippen LogP contribution is -2.38. The predicted octanol–water partition coefficient (Wildman–Crippen LogP) is 2.52. The van der Waals surface area contributed by atoms with E-state index in [1.807, 2.05) is 4.90 Å². The van der Waals surface area contributed by atoms with Crippen LogP contribution in [0.3, 0.4) is 0 Å². The molecule has 1 aromatic rings. The Morgan fingerprint density at radius 3 is 2.82 bits per heavy atom. The molecule has 0 bridgehead atoms. The summed E-state index contributed by atoms with van der Waals surface area (Å²) < 4.78 is 0. The van der Waals surface area contributed by atoms with Gasteiger partial charge in [0.25, 0.3) is 0 Å². The zero-order valence-corrected chi connectivity index (χ0v) is 11.2. The first-order valence-corrected chi connectivity index (χ1v) is 7.99. The third-order valence-corrected chi connectivity index (χ3v) is 5.55. The molecular weight excluding hydrogens is 254 g/mol. The summed E-state index contributed by atoms with van der Waals surface area (Å²) in [6.07, 6.45) is 6.46. The van der Waals surface area contributed by atoms with E-state index in [0.717, 1.165) is 5.13 Å². The van der Waals surface area contributed by atoms with E-state index in [-0.39, 0.29) is 5.91 Å². The summed E-state index contributed by atoms with van der Waals surface area (Å²) >= 11 is 3.24. The summed E-state index contributed by atoms with van der Waals surface area (Å²) in [5.41, 5.74) is 1.70. The number of carbonyl (C=O) groups excluding carboxylic acids is 1. The van der Waals surface area contributed by atoms with Gasteiger partial charge in [0.15, 0.2) is 0 Å². The summed E-state index contributed by atoms with van der Waals surface area (Å²) in [7, 11) is 0. The van der Waals surface area contributed by atoms with Crippen molar-refractivity contribution in [3.05, 3.63) is 5.51 Å². The average Bonchev–Trinajstić information content (AvgIpc) is 2.99. The minimum absolute atomic E-state index is 0.197. The molecule has 1 saturated heterocycles. The highest BCUT2D eigenvalue weighted by Gasteiger charge is 2.39. The maximum atomic E-state index is 12.0. The van der Waals surface area contributed by atoms with E-state index in [2.05, 4.69) is 10.2 Å². The first-order chi connectivity index (χ1) is 8.36. The molecule has 0 radical (unpaired) electrons. The number of hydrogen-bond donors (Lipinski definition) is 0. The van der Waals surface area contributed by atoms with Crippen LogP contribution in [-0.2, 0) is 4.79 Å². The molecule has 2 fully saturated rings. The third-order valence-electron chi connectivity index (χ3n) is 3.51. The molecule has 1 aliphatic carbocycles. The van der Waals surface area contributed by atoms with Crippen LogP contribution in [0.25, 0.3) is 0 Å². The second-order valence-corrected chi connectivity index (χ2v) is 6.50. The Labute approximate surface area is 109 Å². The number of aromatic nitrogens is 2. The number of thioether (sulfide) groups is 1. The van der Waals surface area contributed by atoms with Crippen LogP contribution in [-0.4, -0.2) is 27.2 Å². The Morgan fingerprint density at radius 2 is 2.12 bits per heavy atom. The molecule has 1 aromatic heterocycles. The van der Waals surface area contributed by atoms with Crippen LogP contribution in [0.5, 0.6) is 0 Å². The van der Waals surface area contributed by atoms with Gasteiger partial charge in [-0.2, -0.15) is 0 Å². The van der Waals surface area contributed by atoms with Gasteiger partial charge in [0.2, 0.25) is 11.0 Å². The van der Waals surface area contributed by atoms with Gasteiger partial charge in [-0.1, -0.05) is 30.6 Å². The van der Waals surface area contributed by atoms with Crippen molar-refractivity contribution in [3.8, 4) is 0 Å². The van der Waals surface area contributed by atoms with Gasteiger partial charge >= 0.3 is 0 Å². The van der Waals surface area contributed by atoms with Crippen LogP contribution in [0.4, 0.5) is 5.13 Å². The maximum absolute atomic E-state index is 12.0. The fourth-order valence-electron chi connectivity index (χ4n) is 2.70. The van der Waals surface area contributed by atoms with Gasteiger partial charge in [0.1, 0.15) is 5.51 Å². The van der Waals surface area contributed by atoms with Gasteiger partial charge in [-0.05, 0) is 18.8 Å². The van der Waals surface area contributed by atoms with E-state index in [9.17, 15) is 4.79 Å². The van der Waals surface area contributed by atoms with Gasteiger partial charge < -0.3 is 0 Å². The highest BCUT2D eigenvalue weighted by atomic mass is 32.2. The van der Waals surface area contributed by atoms with Crippen LogP contribution in [0, 0.1) is 5.92 Å². The van der Waals surface area contributed by atoms with Crippen molar-refractivity contribution in [1.82, 2.24) is 10.2 Å². The SMILES string of the molecule is O=C1CSC(C2CCCCC2)N1c1nncs1. The molecule has 2 aliphatic rings. The molecule has 17 heavy (non-hydrogen) atoms. The number of amides is 1. The zero-order valence-electron chi connectivity index (χ0n) is 9.54. The van der Waals surface area contributed by atoms with E-state index >= 15 is 0 Å². The molecule has 6 heteroatoms. The number of nitrogens with zero attached hydrogens (tertiary/aromatic N) is 3. The molecule has 1 amide bonds. The van der Waals surface area contributed by atoms with Crippen LogP contribution in [0.2, 0.25) is 0 Å². The molecule has 0 N–H and O–H groups in total. The first-order valence-electron chi connectivity index (χ1n) is 6.06. The second-order valence-electron chi connectivity index (χ2n) is 4.58. The number of hydrogen-bond acceptors (Lipinski definition) is 5. The lowest BCUT2D eigenvalue weighted by atomic mass is 9.88. The van der Waals surface area contributed by atoms with Gasteiger partial charge in [-0.25, -0.2) is 0 Å².